The Morgan fingerprint density at radius 3 is 2.90 bits per heavy atom. The van der Waals surface area contributed by atoms with Crippen LogP contribution in [0.2, 0.25) is 0 Å². The first-order valence-electron chi connectivity index (χ1n) is 8.06. The monoisotopic (exact) mass is 279 g/mol. The van der Waals surface area contributed by atoms with Gasteiger partial charge in [-0.25, -0.2) is 4.39 Å². The van der Waals surface area contributed by atoms with Crippen molar-refractivity contribution < 1.29 is 9.50 Å². The van der Waals surface area contributed by atoms with Crippen LogP contribution in [0.15, 0.2) is 23.0 Å². The number of aliphatic hydroxyl groups is 1. The maximum absolute atomic E-state index is 14.7. The number of aliphatic hydroxyl groups excluding tert-OH is 1. The Kier molecular flexibility index (Phi) is 3.54. The number of hydrogen-bond acceptors (Lipinski definition) is 2. The zero-order valence-electron chi connectivity index (χ0n) is 12.5. The summed E-state index contributed by atoms with van der Waals surface area (Å²) in [4.78, 5) is 0. The van der Waals surface area contributed by atoms with Crippen molar-refractivity contribution in [2.45, 2.75) is 64.5 Å². The lowest BCUT2D eigenvalue weighted by Gasteiger charge is -2.50. The number of hydrogen-bond donors (Lipinski definition) is 2. The van der Waals surface area contributed by atoms with Gasteiger partial charge in [-0.1, -0.05) is 32.8 Å². The minimum atomic E-state index is -0.704. The highest BCUT2D eigenvalue weighted by molar-refractivity contribution is 5.47. The molecular weight excluding hydrogens is 253 g/mol. The lowest BCUT2D eigenvalue weighted by atomic mass is 9.57. The fourth-order valence-corrected chi connectivity index (χ4v) is 4.70. The van der Waals surface area contributed by atoms with Crippen LogP contribution in [0.25, 0.3) is 0 Å². The molecule has 5 unspecified atom stereocenters. The normalized spacial score (nSPS) is 44.8. The molecule has 2 bridgehead atoms. The van der Waals surface area contributed by atoms with Gasteiger partial charge in [0.15, 0.2) is 0 Å². The molecule has 0 aromatic rings. The molecule has 2 saturated carbocycles. The van der Waals surface area contributed by atoms with Gasteiger partial charge in [0.05, 0.1) is 6.10 Å². The molecule has 0 amide bonds. The minimum Gasteiger partial charge on any atom is -0.388 e. The Morgan fingerprint density at radius 2 is 2.20 bits per heavy atom. The van der Waals surface area contributed by atoms with Crippen LogP contribution in [0.3, 0.4) is 0 Å². The molecule has 0 saturated heterocycles. The molecule has 0 spiro atoms. The largest absolute Gasteiger partial charge is 0.388 e. The second kappa shape index (κ2) is 4.96. The topological polar surface area (TPSA) is 46.2 Å². The number of fused-ring (bicyclic) bond motifs is 4. The van der Waals surface area contributed by atoms with Crippen LogP contribution in [0.4, 0.5) is 4.39 Å². The van der Waals surface area contributed by atoms with Crippen molar-refractivity contribution in [3.63, 3.8) is 0 Å². The van der Waals surface area contributed by atoms with E-state index in [-0.39, 0.29) is 17.3 Å². The molecule has 0 aromatic carbocycles. The minimum absolute atomic E-state index is 0.0911. The van der Waals surface area contributed by atoms with Crippen molar-refractivity contribution in [3.8, 4) is 0 Å². The highest BCUT2D eigenvalue weighted by Gasteiger charge is 2.50. The lowest BCUT2D eigenvalue weighted by Crippen LogP contribution is -2.51. The fraction of sp³-hybridized carbons (Fsp3) is 0.765. The Balaban J connectivity index is 2.15. The summed E-state index contributed by atoms with van der Waals surface area (Å²) in [5, 5.41) is 10.2. The number of rotatable bonds is 1. The maximum atomic E-state index is 14.7. The van der Waals surface area contributed by atoms with Gasteiger partial charge in [-0.3, -0.25) is 0 Å². The van der Waals surface area contributed by atoms with Gasteiger partial charge in [0, 0.05) is 17.4 Å². The average Bonchev–Trinajstić information content (AvgIpc) is 2.54. The third-order valence-electron chi connectivity index (χ3n) is 6.09. The van der Waals surface area contributed by atoms with Crippen LogP contribution in [0.1, 0.15) is 52.4 Å². The van der Waals surface area contributed by atoms with Crippen LogP contribution in [0, 0.1) is 17.3 Å². The van der Waals surface area contributed by atoms with Gasteiger partial charge < -0.3 is 10.8 Å². The number of allylic oxidation sites excluding steroid dienone is 1. The third-order valence-corrected chi connectivity index (χ3v) is 6.09. The van der Waals surface area contributed by atoms with E-state index in [1.54, 1.807) is 6.92 Å². The molecule has 2 nitrogen and oxygen atoms in total. The van der Waals surface area contributed by atoms with E-state index in [1.807, 2.05) is 6.08 Å². The number of halogens is 1. The quantitative estimate of drug-likeness (QED) is 0.772. The Bertz CT molecular complexity index is 470. The molecule has 3 rings (SSSR count). The maximum Gasteiger partial charge on any atom is 0.109 e. The third kappa shape index (κ3) is 1.82. The van der Waals surface area contributed by atoms with Crippen LogP contribution in [-0.4, -0.2) is 17.3 Å². The molecule has 0 heterocycles. The summed E-state index contributed by atoms with van der Waals surface area (Å²) in [6.07, 6.45) is 7.41. The highest BCUT2D eigenvalue weighted by Crippen LogP contribution is 2.56. The first kappa shape index (κ1) is 14.3. The SMILES string of the molecule is CCC12CCCCC(CC3=C(F)C(C)C(O)C=C31)C2N. The Hall–Kier alpha value is -0.670. The molecule has 0 radical (unpaired) electrons. The van der Waals surface area contributed by atoms with E-state index in [2.05, 4.69) is 6.92 Å². The second-order valence-electron chi connectivity index (χ2n) is 6.93. The molecular formula is C17H26FNO. The van der Waals surface area contributed by atoms with Gasteiger partial charge in [-0.15, -0.1) is 0 Å². The van der Waals surface area contributed by atoms with E-state index >= 15 is 0 Å². The van der Waals surface area contributed by atoms with Crippen molar-refractivity contribution >= 4 is 0 Å². The van der Waals surface area contributed by atoms with Crippen molar-refractivity contribution in [3.05, 3.63) is 23.0 Å². The van der Waals surface area contributed by atoms with E-state index in [4.69, 9.17) is 5.73 Å². The molecule has 3 aliphatic rings. The zero-order valence-corrected chi connectivity index (χ0v) is 12.5. The average molecular weight is 279 g/mol. The van der Waals surface area contributed by atoms with Gasteiger partial charge in [0.1, 0.15) is 5.83 Å². The van der Waals surface area contributed by atoms with Crippen LogP contribution in [0.5, 0.6) is 0 Å². The van der Waals surface area contributed by atoms with Gasteiger partial charge in [0.2, 0.25) is 0 Å². The molecule has 20 heavy (non-hydrogen) atoms. The first-order chi connectivity index (χ1) is 9.51. The van der Waals surface area contributed by atoms with Crippen LogP contribution >= 0.6 is 0 Å². The molecule has 5 atom stereocenters. The molecule has 0 aliphatic heterocycles. The summed E-state index contributed by atoms with van der Waals surface area (Å²) in [5.74, 6) is -0.0940. The van der Waals surface area contributed by atoms with Crippen LogP contribution < -0.4 is 5.73 Å². The van der Waals surface area contributed by atoms with E-state index < -0.39 is 12.0 Å². The fourth-order valence-electron chi connectivity index (χ4n) is 4.70. The number of nitrogens with two attached hydrogens (primary N) is 1. The van der Waals surface area contributed by atoms with E-state index in [0.29, 0.717) is 5.92 Å². The highest BCUT2D eigenvalue weighted by atomic mass is 19.1. The van der Waals surface area contributed by atoms with Gasteiger partial charge >= 0.3 is 0 Å². The molecule has 2 fully saturated rings. The molecule has 3 N–H and O–H groups in total. The van der Waals surface area contributed by atoms with E-state index in [1.165, 1.54) is 6.42 Å². The zero-order chi connectivity index (χ0) is 14.5. The van der Waals surface area contributed by atoms with Crippen LogP contribution in [-0.2, 0) is 0 Å². The standard InChI is InChI=1S/C17H26FNO/c1-3-17-7-5-4-6-11(16(17)19)8-12-13(17)9-14(20)10(2)15(12)18/h9-11,14,16,20H,3-8,19H2,1-2H3. The first-order valence-corrected chi connectivity index (χ1v) is 8.06. The summed E-state index contributed by atoms with van der Waals surface area (Å²) in [5.41, 5.74) is 8.39. The summed E-state index contributed by atoms with van der Waals surface area (Å²) in [6.45, 7) is 3.94. The van der Waals surface area contributed by atoms with Gasteiger partial charge in [-0.2, -0.15) is 0 Å². The Labute approximate surface area is 120 Å². The summed E-state index contributed by atoms with van der Waals surface area (Å²) < 4.78 is 14.7. The lowest BCUT2D eigenvalue weighted by molar-refractivity contribution is 0.136. The smallest absolute Gasteiger partial charge is 0.109 e. The summed E-state index contributed by atoms with van der Waals surface area (Å²) >= 11 is 0. The predicted octanol–water partition coefficient (Wildman–Crippen LogP) is 3.46. The van der Waals surface area contributed by atoms with Gasteiger partial charge in [0.25, 0.3) is 0 Å². The van der Waals surface area contributed by atoms with Crippen molar-refractivity contribution in [2.75, 3.05) is 0 Å². The Morgan fingerprint density at radius 1 is 1.45 bits per heavy atom. The predicted molar refractivity (Wildman–Crippen MR) is 78.7 cm³/mol. The van der Waals surface area contributed by atoms with E-state index in [0.717, 1.165) is 43.3 Å². The van der Waals surface area contributed by atoms with Crippen molar-refractivity contribution in [2.24, 2.45) is 23.0 Å². The van der Waals surface area contributed by atoms with Crippen molar-refractivity contribution in [1.29, 1.82) is 0 Å². The molecule has 3 aliphatic carbocycles. The van der Waals surface area contributed by atoms with E-state index in [9.17, 15) is 9.50 Å². The summed E-state index contributed by atoms with van der Waals surface area (Å²) in [7, 11) is 0. The van der Waals surface area contributed by atoms with Gasteiger partial charge in [-0.05, 0) is 42.7 Å². The molecule has 0 aromatic heterocycles. The molecule has 112 valence electrons. The van der Waals surface area contributed by atoms with Crippen molar-refractivity contribution in [1.82, 2.24) is 0 Å². The summed E-state index contributed by atoms with van der Waals surface area (Å²) in [6, 6.07) is 0.110. The second-order valence-corrected chi connectivity index (χ2v) is 6.93. The molecule has 3 heteroatoms.